The summed E-state index contributed by atoms with van der Waals surface area (Å²) in [6.07, 6.45) is 1.66. The first kappa shape index (κ1) is 17.0. The number of fused-ring (bicyclic) bond motifs is 3. The molecular formula is C21H17ClN2O4. The molecule has 2 aromatic carbocycles. The van der Waals surface area contributed by atoms with Crippen molar-refractivity contribution in [3.63, 3.8) is 0 Å². The fourth-order valence-electron chi connectivity index (χ4n) is 3.77. The predicted octanol–water partition coefficient (Wildman–Crippen LogP) is 4.89. The summed E-state index contributed by atoms with van der Waals surface area (Å²) in [6, 6.07) is 14.3. The molecule has 0 saturated carbocycles. The van der Waals surface area contributed by atoms with Crippen LogP contribution in [0.25, 0.3) is 0 Å². The number of methoxy groups -OCH3 is 1. The number of benzene rings is 2. The number of halogens is 1. The van der Waals surface area contributed by atoms with E-state index < -0.39 is 6.23 Å². The minimum Gasteiger partial charge on any atom is -0.507 e. The molecule has 0 bridgehead atoms. The molecule has 2 aliphatic rings. The summed E-state index contributed by atoms with van der Waals surface area (Å²) in [5, 5.41) is 17.5. The highest BCUT2D eigenvalue weighted by Gasteiger charge is 2.43. The van der Waals surface area contributed by atoms with Gasteiger partial charge in [-0.2, -0.15) is 5.10 Å². The number of ether oxygens (including phenoxy) is 2. The van der Waals surface area contributed by atoms with Crippen LogP contribution >= 0.6 is 11.6 Å². The summed E-state index contributed by atoms with van der Waals surface area (Å²) in [5.41, 5.74) is 2.33. The molecule has 0 radical (unpaired) electrons. The Kier molecular flexibility index (Phi) is 3.94. The first-order valence-corrected chi connectivity index (χ1v) is 9.25. The van der Waals surface area contributed by atoms with Gasteiger partial charge in [0.25, 0.3) is 0 Å². The van der Waals surface area contributed by atoms with Crippen LogP contribution in [0.3, 0.4) is 0 Å². The van der Waals surface area contributed by atoms with E-state index >= 15 is 0 Å². The van der Waals surface area contributed by atoms with Crippen LogP contribution in [0.5, 0.6) is 17.2 Å². The van der Waals surface area contributed by atoms with E-state index in [2.05, 4.69) is 0 Å². The van der Waals surface area contributed by atoms with Gasteiger partial charge in [0.15, 0.2) is 17.3 Å². The van der Waals surface area contributed by atoms with Gasteiger partial charge in [0.05, 0.1) is 25.1 Å². The van der Waals surface area contributed by atoms with Crippen LogP contribution in [0, 0.1) is 0 Å². The average molecular weight is 397 g/mol. The minimum atomic E-state index is -0.539. The van der Waals surface area contributed by atoms with Gasteiger partial charge in [0.2, 0.25) is 6.23 Å². The number of hydrogen-bond donors (Lipinski definition) is 1. The first-order valence-electron chi connectivity index (χ1n) is 8.87. The zero-order valence-electron chi connectivity index (χ0n) is 15.0. The van der Waals surface area contributed by atoms with Gasteiger partial charge in [-0.05, 0) is 36.4 Å². The van der Waals surface area contributed by atoms with Crippen LogP contribution in [0.4, 0.5) is 0 Å². The number of furan rings is 1. The van der Waals surface area contributed by atoms with Crippen molar-refractivity contribution >= 4 is 17.3 Å². The van der Waals surface area contributed by atoms with Crippen molar-refractivity contribution < 1.29 is 19.0 Å². The van der Waals surface area contributed by atoms with E-state index in [0.717, 1.165) is 11.3 Å². The molecular weight excluding hydrogens is 380 g/mol. The van der Waals surface area contributed by atoms with Gasteiger partial charge >= 0.3 is 0 Å². The summed E-state index contributed by atoms with van der Waals surface area (Å²) in [5.74, 6) is 2.12. The van der Waals surface area contributed by atoms with Gasteiger partial charge in [0.1, 0.15) is 5.75 Å². The van der Waals surface area contributed by atoms with Crippen molar-refractivity contribution in [3.8, 4) is 17.2 Å². The van der Waals surface area contributed by atoms with Gasteiger partial charge in [-0.3, -0.25) is 0 Å². The number of nitrogens with zero attached hydrogens (tertiary/aromatic N) is 2. The summed E-state index contributed by atoms with van der Waals surface area (Å²) >= 11 is 6.14. The summed E-state index contributed by atoms with van der Waals surface area (Å²) < 4.78 is 17.4. The Morgan fingerprint density at radius 1 is 1.21 bits per heavy atom. The zero-order valence-corrected chi connectivity index (χ0v) is 15.8. The monoisotopic (exact) mass is 396 g/mol. The maximum Gasteiger partial charge on any atom is 0.246 e. The standard InChI is InChI=1S/C21H17ClN2O4/c1-26-18-5-2-4-13-16-11-15(14-10-12(22)7-8-17(14)25)23-24(16)21(28-20(13)18)19-6-3-9-27-19/h2-10,16,21,25H,11H2,1H3/t16-,21+/m1/s1. The maximum atomic E-state index is 10.3. The molecule has 0 fully saturated rings. The Hall–Kier alpha value is -3.12. The highest BCUT2D eigenvalue weighted by atomic mass is 35.5. The molecule has 1 N–H and O–H groups in total. The van der Waals surface area contributed by atoms with E-state index in [9.17, 15) is 5.11 Å². The molecule has 7 heteroatoms. The molecule has 0 saturated heterocycles. The van der Waals surface area contributed by atoms with E-state index in [1.807, 2.05) is 35.3 Å². The molecule has 0 aliphatic carbocycles. The molecule has 1 aromatic heterocycles. The highest BCUT2D eigenvalue weighted by molar-refractivity contribution is 6.31. The van der Waals surface area contributed by atoms with Crippen LogP contribution in [0.15, 0.2) is 64.3 Å². The van der Waals surface area contributed by atoms with Crippen molar-refractivity contribution in [2.45, 2.75) is 18.7 Å². The first-order chi connectivity index (χ1) is 13.7. The van der Waals surface area contributed by atoms with E-state index in [4.69, 9.17) is 30.6 Å². The fourth-order valence-corrected chi connectivity index (χ4v) is 3.94. The quantitative estimate of drug-likeness (QED) is 0.682. The third-order valence-electron chi connectivity index (χ3n) is 5.06. The van der Waals surface area contributed by atoms with E-state index in [-0.39, 0.29) is 11.8 Å². The topological polar surface area (TPSA) is 67.4 Å². The molecule has 28 heavy (non-hydrogen) atoms. The number of hydrazone groups is 1. The normalized spacial score (nSPS) is 20.2. The molecule has 0 spiro atoms. The van der Waals surface area contributed by atoms with Crippen LogP contribution in [-0.4, -0.2) is 22.9 Å². The Morgan fingerprint density at radius 2 is 2.11 bits per heavy atom. The molecule has 2 aliphatic heterocycles. The Morgan fingerprint density at radius 3 is 2.89 bits per heavy atom. The number of hydrogen-bond acceptors (Lipinski definition) is 6. The molecule has 3 heterocycles. The highest BCUT2D eigenvalue weighted by Crippen LogP contribution is 2.51. The lowest BCUT2D eigenvalue weighted by atomic mass is 9.95. The molecule has 5 rings (SSSR count). The molecule has 0 amide bonds. The lowest BCUT2D eigenvalue weighted by molar-refractivity contribution is -0.0342. The van der Waals surface area contributed by atoms with Gasteiger partial charge in [-0.1, -0.05) is 23.7 Å². The summed E-state index contributed by atoms with van der Waals surface area (Å²) in [6.45, 7) is 0. The summed E-state index contributed by atoms with van der Waals surface area (Å²) in [7, 11) is 1.62. The molecule has 0 unspecified atom stereocenters. The van der Waals surface area contributed by atoms with Crippen molar-refractivity contribution in [1.82, 2.24) is 5.01 Å². The van der Waals surface area contributed by atoms with Crippen LogP contribution in [0.1, 0.15) is 35.6 Å². The van der Waals surface area contributed by atoms with Crippen molar-refractivity contribution in [2.75, 3.05) is 7.11 Å². The van der Waals surface area contributed by atoms with E-state index in [1.54, 1.807) is 31.6 Å². The molecule has 2 atom stereocenters. The Balaban J connectivity index is 1.64. The van der Waals surface area contributed by atoms with Gasteiger partial charge in [-0.15, -0.1) is 0 Å². The minimum absolute atomic E-state index is 0.0812. The van der Waals surface area contributed by atoms with Crippen LogP contribution < -0.4 is 9.47 Å². The number of para-hydroxylation sites is 1. The Labute approximate surface area is 166 Å². The van der Waals surface area contributed by atoms with Crippen molar-refractivity contribution in [2.24, 2.45) is 5.10 Å². The lowest BCUT2D eigenvalue weighted by Crippen LogP contribution is -2.33. The largest absolute Gasteiger partial charge is 0.507 e. The van der Waals surface area contributed by atoms with Gasteiger partial charge < -0.3 is 19.0 Å². The van der Waals surface area contributed by atoms with Crippen LogP contribution in [-0.2, 0) is 0 Å². The number of rotatable bonds is 3. The second-order valence-corrected chi connectivity index (χ2v) is 7.11. The van der Waals surface area contributed by atoms with E-state index in [0.29, 0.717) is 34.3 Å². The molecule has 6 nitrogen and oxygen atoms in total. The number of aromatic hydroxyl groups is 1. The predicted molar refractivity (Wildman–Crippen MR) is 104 cm³/mol. The molecule has 3 aromatic rings. The smallest absolute Gasteiger partial charge is 0.246 e. The van der Waals surface area contributed by atoms with Crippen LogP contribution in [0.2, 0.25) is 5.02 Å². The zero-order chi connectivity index (χ0) is 19.3. The average Bonchev–Trinajstić information content (AvgIpc) is 3.39. The van der Waals surface area contributed by atoms with Gasteiger partial charge in [-0.25, -0.2) is 5.01 Å². The third-order valence-corrected chi connectivity index (χ3v) is 5.29. The second-order valence-electron chi connectivity index (χ2n) is 6.67. The number of phenolic OH excluding ortho intramolecular Hbond substituents is 1. The SMILES string of the molecule is COc1cccc2c1O[C@@H](c1ccco1)N1N=C(c3cc(Cl)ccc3O)C[C@H]21. The summed E-state index contributed by atoms with van der Waals surface area (Å²) in [4.78, 5) is 0. The Bertz CT molecular complexity index is 1060. The van der Waals surface area contributed by atoms with E-state index in [1.165, 1.54) is 0 Å². The maximum absolute atomic E-state index is 10.3. The molecule has 142 valence electrons. The fraction of sp³-hybridized carbons (Fsp3) is 0.190. The lowest BCUT2D eigenvalue weighted by Gasteiger charge is -2.37. The second kappa shape index (κ2) is 6.49. The van der Waals surface area contributed by atoms with Gasteiger partial charge in [0, 0.05) is 22.6 Å². The third kappa shape index (κ3) is 2.60. The number of phenols is 1. The van der Waals surface area contributed by atoms with Crippen molar-refractivity contribution in [3.05, 3.63) is 76.7 Å². The van der Waals surface area contributed by atoms with Crippen molar-refractivity contribution in [1.29, 1.82) is 0 Å².